The minimum Gasteiger partial charge on any atom is -0.352 e. The predicted molar refractivity (Wildman–Crippen MR) is 99.8 cm³/mol. The van der Waals surface area contributed by atoms with Crippen LogP contribution in [0.3, 0.4) is 0 Å². The maximum absolute atomic E-state index is 12.7. The van der Waals surface area contributed by atoms with Gasteiger partial charge < -0.3 is 10.6 Å². The molecule has 8 nitrogen and oxygen atoms in total. The third kappa shape index (κ3) is 3.70. The second-order valence-electron chi connectivity index (χ2n) is 6.69. The molecule has 1 amide bonds. The van der Waals surface area contributed by atoms with Gasteiger partial charge >= 0.3 is 5.69 Å². The van der Waals surface area contributed by atoms with Crippen molar-refractivity contribution in [3.05, 3.63) is 38.2 Å². The smallest absolute Gasteiger partial charge is 0.329 e. The van der Waals surface area contributed by atoms with Crippen LogP contribution in [0.4, 0.5) is 0 Å². The van der Waals surface area contributed by atoms with Crippen LogP contribution in [-0.2, 0) is 6.54 Å². The second kappa shape index (κ2) is 7.82. The summed E-state index contributed by atoms with van der Waals surface area (Å²) >= 11 is 0. The normalized spacial score (nSPS) is 13.9. The van der Waals surface area contributed by atoms with Crippen molar-refractivity contribution < 1.29 is 4.79 Å². The van der Waals surface area contributed by atoms with Gasteiger partial charge in [0.15, 0.2) is 5.65 Å². The lowest BCUT2D eigenvalue weighted by atomic mass is 10.1. The van der Waals surface area contributed by atoms with Gasteiger partial charge in [-0.25, -0.2) is 9.78 Å². The Morgan fingerprint density at radius 2 is 2.12 bits per heavy atom. The molecular weight excluding hydrogens is 334 g/mol. The van der Waals surface area contributed by atoms with Crippen LogP contribution in [-0.4, -0.2) is 40.6 Å². The Morgan fingerprint density at radius 3 is 2.77 bits per heavy atom. The number of aryl methyl sites for hydroxylation is 1. The van der Waals surface area contributed by atoms with Crippen LogP contribution < -0.4 is 21.9 Å². The van der Waals surface area contributed by atoms with Crippen molar-refractivity contribution in [1.82, 2.24) is 25.2 Å². The molecule has 2 aromatic heterocycles. The standard InChI is InChI=1S/C18H25N5O3/c1-3-9-23-15-14(17(25)22-18(23)26)12(10-13(21-15)11-5-6-11)16(24)20-8-4-7-19-2/h10-11,19H,3-9H2,1-2H3,(H,20,24)(H,22,25,26). The minimum absolute atomic E-state index is 0.188. The van der Waals surface area contributed by atoms with Gasteiger partial charge in [0.1, 0.15) is 0 Å². The minimum atomic E-state index is -0.562. The summed E-state index contributed by atoms with van der Waals surface area (Å²) in [5.74, 6) is 0.00214. The lowest BCUT2D eigenvalue weighted by molar-refractivity contribution is 0.0954. The van der Waals surface area contributed by atoms with E-state index in [0.29, 0.717) is 30.2 Å². The number of fused-ring (bicyclic) bond motifs is 1. The van der Waals surface area contributed by atoms with Crippen molar-refractivity contribution in [2.75, 3.05) is 20.1 Å². The highest BCUT2D eigenvalue weighted by Gasteiger charge is 2.28. The molecule has 0 unspecified atom stereocenters. The summed E-state index contributed by atoms with van der Waals surface area (Å²) in [7, 11) is 1.85. The molecule has 1 aliphatic rings. The fourth-order valence-corrected chi connectivity index (χ4v) is 3.05. The van der Waals surface area contributed by atoms with E-state index < -0.39 is 11.2 Å². The first-order valence-corrected chi connectivity index (χ1v) is 9.17. The van der Waals surface area contributed by atoms with Gasteiger partial charge in [0.25, 0.3) is 11.5 Å². The first-order chi connectivity index (χ1) is 12.6. The Labute approximate surface area is 151 Å². The van der Waals surface area contributed by atoms with Gasteiger partial charge in [0.05, 0.1) is 10.9 Å². The average molecular weight is 359 g/mol. The highest BCUT2D eigenvalue weighted by atomic mass is 16.2. The van der Waals surface area contributed by atoms with Gasteiger partial charge in [0.2, 0.25) is 0 Å². The van der Waals surface area contributed by atoms with E-state index >= 15 is 0 Å². The molecule has 0 saturated heterocycles. The maximum atomic E-state index is 12.7. The number of carbonyl (C=O) groups is 1. The first kappa shape index (κ1) is 18.3. The molecule has 1 saturated carbocycles. The lowest BCUT2D eigenvalue weighted by Gasteiger charge is -2.13. The van der Waals surface area contributed by atoms with E-state index in [1.807, 2.05) is 14.0 Å². The molecular formula is C18H25N5O3. The van der Waals surface area contributed by atoms with E-state index in [0.717, 1.165) is 37.9 Å². The summed E-state index contributed by atoms with van der Waals surface area (Å²) in [4.78, 5) is 44.3. The number of hydrogen-bond acceptors (Lipinski definition) is 5. The monoisotopic (exact) mass is 359 g/mol. The van der Waals surface area contributed by atoms with Crippen molar-refractivity contribution >= 4 is 16.9 Å². The maximum Gasteiger partial charge on any atom is 0.329 e. The predicted octanol–water partition coefficient (Wildman–Crippen LogP) is 0.712. The Balaban J connectivity index is 2.11. The van der Waals surface area contributed by atoms with Gasteiger partial charge in [-0.05, 0) is 45.3 Å². The summed E-state index contributed by atoms with van der Waals surface area (Å²) in [5.41, 5.74) is 0.350. The Hall–Kier alpha value is -2.48. The largest absolute Gasteiger partial charge is 0.352 e. The fraction of sp³-hybridized carbons (Fsp3) is 0.556. The van der Waals surface area contributed by atoms with Gasteiger partial charge in [-0.3, -0.25) is 19.1 Å². The van der Waals surface area contributed by atoms with Crippen LogP contribution in [0.15, 0.2) is 15.7 Å². The summed E-state index contributed by atoms with van der Waals surface area (Å²) < 4.78 is 1.46. The van der Waals surface area contributed by atoms with Gasteiger partial charge in [-0.15, -0.1) is 0 Å². The van der Waals surface area contributed by atoms with Crippen LogP contribution in [0.25, 0.3) is 11.0 Å². The number of aromatic nitrogens is 3. The van der Waals surface area contributed by atoms with Gasteiger partial charge in [0, 0.05) is 24.7 Å². The second-order valence-corrected chi connectivity index (χ2v) is 6.69. The molecule has 26 heavy (non-hydrogen) atoms. The molecule has 1 aliphatic carbocycles. The van der Waals surface area contributed by atoms with Crippen LogP contribution in [0.5, 0.6) is 0 Å². The van der Waals surface area contributed by atoms with Crippen LogP contribution in [0.2, 0.25) is 0 Å². The zero-order chi connectivity index (χ0) is 18.7. The number of rotatable bonds is 8. The van der Waals surface area contributed by atoms with E-state index in [9.17, 15) is 14.4 Å². The summed E-state index contributed by atoms with van der Waals surface area (Å²) in [5, 5.41) is 6.07. The molecule has 2 aromatic rings. The lowest BCUT2D eigenvalue weighted by Crippen LogP contribution is -2.34. The summed E-state index contributed by atoms with van der Waals surface area (Å²) in [6.45, 7) is 3.69. The van der Waals surface area contributed by atoms with E-state index in [1.54, 1.807) is 6.07 Å². The summed E-state index contributed by atoms with van der Waals surface area (Å²) in [6.07, 6.45) is 3.55. The Kier molecular flexibility index (Phi) is 5.51. The Morgan fingerprint density at radius 1 is 1.35 bits per heavy atom. The average Bonchev–Trinajstić information content (AvgIpc) is 3.46. The van der Waals surface area contributed by atoms with Crippen LogP contribution >= 0.6 is 0 Å². The van der Waals surface area contributed by atoms with Gasteiger partial charge in [-0.2, -0.15) is 0 Å². The third-order valence-electron chi connectivity index (χ3n) is 4.55. The number of aromatic amines is 1. The van der Waals surface area contributed by atoms with Crippen LogP contribution in [0, 0.1) is 0 Å². The number of carbonyl (C=O) groups excluding carboxylic acids is 1. The van der Waals surface area contributed by atoms with E-state index in [2.05, 4.69) is 20.6 Å². The number of pyridine rings is 1. The molecule has 0 atom stereocenters. The number of nitrogens with zero attached hydrogens (tertiary/aromatic N) is 2. The number of H-pyrrole nitrogens is 1. The molecule has 8 heteroatoms. The van der Waals surface area contributed by atoms with E-state index in [-0.39, 0.29) is 11.3 Å². The SMILES string of the molecule is CCCn1c(=O)[nH]c(=O)c2c(C(=O)NCCCNC)cc(C3CC3)nc21. The number of hydrogen-bond donors (Lipinski definition) is 3. The first-order valence-electron chi connectivity index (χ1n) is 9.17. The van der Waals surface area contributed by atoms with Crippen molar-refractivity contribution in [2.24, 2.45) is 0 Å². The molecule has 0 aromatic carbocycles. The molecule has 1 fully saturated rings. The quantitative estimate of drug-likeness (QED) is 0.602. The third-order valence-corrected chi connectivity index (χ3v) is 4.55. The van der Waals surface area contributed by atoms with Crippen molar-refractivity contribution in [2.45, 2.75) is 45.1 Å². The van der Waals surface area contributed by atoms with Crippen molar-refractivity contribution in [3.8, 4) is 0 Å². The van der Waals surface area contributed by atoms with Crippen molar-refractivity contribution in [3.63, 3.8) is 0 Å². The highest BCUT2D eigenvalue weighted by molar-refractivity contribution is 6.05. The number of amides is 1. The zero-order valence-corrected chi connectivity index (χ0v) is 15.2. The highest BCUT2D eigenvalue weighted by Crippen LogP contribution is 2.39. The molecule has 2 heterocycles. The molecule has 0 bridgehead atoms. The summed E-state index contributed by atoms with van der Waals surface area (Å²) in [6, 6.07) is 1.71. The van der Waals surface area contributed by atoms with Crippen LogP contribution in [0.1, 0.15) is 54.6 Å². The molecule has 0 aliphatic heterocycles. The van der Waals surface area contributed by atoms with E-state index in [4.69, 9.17) is 0 Å². The Bertz CT molecular complexity index is 927. The molecule has 3 rings (SSSR count). The molecule has 3 N–H and O–H groups in total. The zero-order valence-electron chi connectivity index (χ0n) is 15.2. The molecule has 140 valence electrons. The number of nitrogens with one attached hydrogen (secondary N) is 3. The van der Waals surface area contributed by atoms with E-state index in [1.165, 1.54) is 4.57 Å². The topological polar surface area (TPSA) is 109 Å². The van der Waals surface area contributed by atoms with Gasteiger partial charge in [-0.1, -0.05) is 6.92 Å². The fourth-order valence-electron chi connectivity index (χ4n) is 3.05. The molecule has 0 radical (unpaired) electrons. The molecule has 0 spiro atoms. The van der Waals surface area contributed by atoms with Crippen molar-refractivity contribution in [1.29, 1.82) is 0 Å².